The van der Waals surface area contributed by atoms with Gasteiger partial charge in [0.25, 0.3) is 5.91 Å². The normalized spacial score (nSPS) is 15.7. The molecule has 3 heterocycles. The smallest absolute Gasteiger partial charge is 0.287 e. The van der Waals surface area contributed by atoms with Crippen molar-refractivity contribution in [3.05, 3.63) is 47.8 Å². The summed E-state index contributed by atoms with van der Waals surface area (Å²) in [5, 5.41) is 9.60. The van der Waals surface area contributed by atoms with Crippen LogP contribution in [0.5, 0.6) is 0 Å². The highest BCUT2D eigenvalue weighted by atomic mass is 127. The van der Waals surface area contributed by atoms with Gasteiger partial charge in [0.15, 0.2) is 11.7 Å². The molecule has 1 aliphatic rings. The van der Waals surface area contributed by atoms with Crippen LogP contribution in [0.4, 0.5) is 0 Å². The summed E-state index contributed by atoms with van der Waals surface area (Å²) >= 11 is 0. The number of nitrogens with zero attached hydrogens (tertiary/aromatic N) is 2. The van der Waals surface area contributed by atoms with Crippen molar-refractivity contribution in [2.75, 3.05) is 39.8 Å². The number of carbonyl (C=O) groups excluding carboxylic acids is 1. The van der Waals surface area contributed by atoms with E-state index < -0.39 is 0 Å². The minimum atomic E-state index is -0.178. The third-order valence-electron chi connectivity index (χ3n) is 5.39. The van der Waals surface area contributed by atoms with E-state index in [-0.39, 0.29) is 35.9 Å². The summed E-state index contributed by atoms with van der Waals surface area (Å²) in [6.07, 6.45) is 7.80. The number of guanidine groups is 1. The van der Waals surface area contributed by atoms with E-state index in [0.29, 0.717) is 18.8 Å². The Kier molecular flexibility index (Phi) is 10.9. The Bertz CT molecular complexity index is 800. The molecule has 1 aliphatic heterocycles. The molecule has 0 saturated carbocycles. The van der Waals surface area contributed by atoms with E-state index in [2.05, 4.69) is 25.8 Å². The molecule has 1 saturated heterocycles. The molecule has 1 fully saturated rings. The SMILES string of the molecule is CN=C(NCCCNC(=O)c1occc1C)NCC(c1ccco1)N1CCCCC1.I. The van der Waals surface area contributed by atoms with Crippen LogP contribution >= 0.6 is 24.0 Å². The maximum atomic E-state index is 12.0. The molecular formula is C22H34IN5O3. The first kappa shape index (κ1) is 25.3. The zero-order chi connectivity index (χ0) is 21.2. The Morgan fingerprint density at radius 2 is 1.87 bits per heavy atom. The van der Waals surface area contributed by atoms with Crippen LogP contribution in [-0.2, 0) is 0 Å². The van der Waals surface area contributed by atoms with Gasteiger partial charge >= 0.3 is 0 Å². The summed E-state index contributed by atoms with van der Waals surface area (Å²) in [5.74, 6) is 1.93. The molecule has 1 amide bonds. The first-order chi connectivity index (χ1) is 14.7. The number of rotatable bonds is 9. The summed E-state index contributed by atoms with van der Waals surface area (Å²) in [6, 6.07) is 5.96. The number of amides is 1. The summed E-state index contributed by atoms with van der Waals surface area (Å²) in [4.78, 5) is 18.8. The Morgan fingerprint density at radius 1 is 1.10 bits per heavy atom. The Hall–Kier alpha value is -2.01. The number of likely N-dealkylation sites (tertiary alicyclic amines) is 1. The highest BCUT2D eigenvalue weighted by molar-refractivity contribution is 14.0. The second-order valence-corrected chi connectivity index (χ2v) is 7.55. The van der Waals surface area contributed by atoms with Crippen LogP contribution in [-0.4, -0.2) is 56.5 Å². The zero-order valence-electron chi connectivity index (χ0n) is 18.4. The molecular weight excluding hydrogens is 509 g/mol. The molecule has 3 rings (SSSR count). The first-order valence-electron chi connectivity index (χ1n) is 10.7. The highest BCUT2D eigenvalue weighted by Gasteiger charge is 2.24. The molecule has 9 heteroatoms. The van der Waals surface area contributed by atoms with E-state index in [9.17, 15) is 4.79 Å². The van der Waals surface area contributed by atoms with Crippen LogP contribution in [0.3, 0.4) is 0 Å². The van der Waals surface area contributed by atoms with Crippen molar-refractivity contribution in [2.24, 2.45) is 4.99 Å². The van der Waals surface area contributed by atoms with Crippen LogP contribution < -0.4 is 16.0 Å². The minimum Gasteiger partial charge on any atom is -0.468 e. The van der Waals surface area contributed by atoms with E-state index in [1.165, 1.54) is 25.5 Å². The van der Waals surface area contributed by atoms with Crippen LogP contribution in [0.25, 0.3) is 0 Å². The molecule has 172 valence electrons. The van der Waals surface area contributed by atoms with Gasteiger partial charge in [0.05, 0.1) is 18.6 Å². The van der Waals surface area contributed by atoms with Gasteiger partial charge in [-0.3, -0.25) is 14.7 Å². The third-order valence-corrected chi connectivity index (χ3v) is 5.39. The Morgan fingerprint density at radius 3 is 2.52 bits per heavy atom. The van der Waals surface area contributed by atoms with Crippen molar-refractivity contribution in [1.82, 2.24) is 20.9 Å². The predicted octanol–water partition coefficient (Wildman–Crippen LogP) is 3.31. The van der Waals surface area contributed by atoms with Crippen molar-refractivity contribution in [3.8, 4) is 0 Å². The number of aliphatic imine (C=N–C) groups is 1. The third kappa shape index (κ3) is 7.57. The van der Waals surface area contributed by atoms with Crippen molar-refractivity contribution in [2.45, 2.75) is 38.6 Å². The number of furan rings is 2. The van der Waals surface area contributed by atoms with Crippen LogP contribution in [0.1, 0.15) is 53.6 Å². The average Bonchev–Trinajstić information content (AvgIpc) is 3.45. The van der Waals surface area contributed by atoms with E-state index >= 15 is 0 Å². The van der Waals surface area contributed by atoms with E-state index in [1.54, 1.807) is 19.4 Å². The second kappa shape index (κ2) is 13.4. The maximum Gasteiger partial charge on any atom is 0.287 e. The Labute approximate surface area is 201 Å². The van der Waals surface area contributed by atoms with Gasteiger partial charge in [0.2, 0.25) is 0 Å². The van der Waals surface area contributed by atoms with Crippen LogP contribution in [0.15, 0.2) is 44.6 Å². The summed E-state index contributed by atoms with van der Waals surface area (Å²) < 4.78 is 10.9. The van der Waals surface area contributed by atoms with E-state index in [4.69, 9.17) is 8.83 Å². The molecule has 0 bridgehead atoms. The van der Waals surface area contributed by atoms with E-state index in [0.717, 1.165) is 43.3 Å². The number of nitrogens with one attached hydrogen (secondary N) is 3. The van der Waals surface area contributed by atoms with Crippen molar-refractivity contribution >= 4 is 35.8 Å². The molecule has 0 aliphatic carbocycles. The molecule has 2 aromatic rings. The molecule has 0 aromatic carbocycles. The Balaban J connectivity index is 0.00000341. The molecule has 0 spiro atoms. The van der Waals surface area contributed by atoms with Crippen LogP contribution in [0, 0.1) is 6.92 Å². The number of hydrogen-bond acceptors (Lipinski definition) is 5. The first-order valence-corrected chi connectivity index (χ1v) is 10.7. The number of halogens is 1. The molecule has 2 aromatic heterocycles. The van der Waals surface area contributed by atoms with Gasteiger partial charge in [-0.25, -0.2) is 0 Å². The fourth-order valence-corrected chi connectivity index (χ4v) is 3.72. The molecule has 3 N–H and O–H groups in total. The molecule has 0 radical (unpaired) electrons. The lowest BCUT2D eigenvalue weighted by atomic mass is 10.1. The number of hydrogen-bond donors (Lipinski definition) is 3. The van der Waals surface area contributed by atoms with Gasteiger partial charge in [-0.15, -0.1) is 24.0 Å². The van der Waals surface area contributed by atoms with Gasteiger partial charge in [0.1, 0.15) is 5.76 Å². The quantitative estimate of drug-likeness (QED) is 0.195. The summed E-state index contributed by atoms with van der Waals surface area (Å²) in [5.41, 5.74) is 0.843. The lowest BCUT2D eigenvalue weighted by Crippen LogP contribution is -2.44. The predicted molar refractivity (Wildman–Crippen MR) is 132 cm³/mol. The van der Waals surface area contributed by atoms with Gasteiger partial charge in [0, 0.05) is 32.2 Å². The summed E-state index contributed by atoms with van der Waals surface area (Å²) in [6.45, 7) is 6.02. The average molecular weight is 543 g/mol. The van der Waals surface area contributed by atoms with Crippen molar-refractivity contribution in [1.29, 1.82) is 0 Å². The van der Waals surface area contributed by atoms with Gasteiger partial charge < -0.3 is 24.8 Å². The minimum absolute atomic E-state index is 0. The molecule has 31 heavy (non-hydrogen) atoms. The lowest BCUT2D eigenvalue weighted by Gasteiger charge is -2.33. The lowest BCUT2D eigenvalue weighted by molar-refractivity contribution is 0.0925. The van der Waals surface area contributed by atoms with Crippen LogP contribution in [0.2, 0.25) is 0 Å². The molecule has 8 nitrogen and oxygen atoms in total. The fraction of sp³-hybridized carbons (Fsp3) is 0.545. The number of carbonyl (C=O) groups is 1. The van der Waals surface area contributed by atoms with Gasteiger partial charge in [-0.05, 0) is 57.5 Å². The largest absolute Gasteiger partial charge is 0.468 e. The van der Waals surface area contributed by atoms with Gasteiger partial charge in [-0.2, -0.15) is 0 Å². The molecule has 1 unspecified atom stereocenters. The van der Waals surface area contributed by atoms with Crippen molar-refractivity contribution < 1.29 is 13.6 Å². The molecule has 1 atom stereocenters. The standard InChI is InChI=1S/C22H33N5O3.HI/c1-17-9-15-30-20(17)21(28)24-10-7-11-25-22(23-2)26-16-18(19-8-6-14-29-19)27-12-4-3-5-13-27;/h6,8-9,14-15,18H,3-5,7,10-13,16H2,1-2H3,(H,24,28)(H2,23,25,26);1H. The maximum absolute atomic E-state index is 12.0. The number of aryl methyl sites for hydroxylation is 1. The second-order valence-electron chi connectivity index (χ2n) is 7.55. The zero-order valence-corrected chi connectivity index (χ0v) is 20.7. The van der Waals surface area contributed by atoms with Crippen molar-refractivity contribution in [3.63, 3.8) is 0 Å². The monoisotopic (exact) mass is 543 g/mol. The summed E-state index contributed by atoms with van der Waals surface area (Å²) in [7, 11) is 1.76. The highest BCUT2D eigenvalue weighted by Crippen LogP contribution is 2.24. The van der Waals surface area contributed by atoms with Gasteiger partial charge in [-0.1, -0.05) is 6.42 Å². The number of piperidine rings is 1. The fourth-order valence-electron chi connectivity index (χ4n) is 3.72. The topological polar surface area (TPSA) is 95.0 Å². The van der Waals surface area contributed by atoms with E-state index in [1.807, 2.05) is 19.1 Å².